The molecule has 0 unspecified atom stereocenters. The first-order chi connectivity index (χ1) is 15.6. The van der Waals surface area contributed by atoms with E-state index in [1.54, 1.807) is 10.4 Å². The van der Waals surface area contributed by atoms with Gasteiger partial charge in [0.05, 0.1) is 0 Å². The molecule has 0 aliphatic carbocycles. The van der Waals surface area contributed by atoms with Crippen LogP contribution in [-0.4, -0.2) is 8.07 Å². The van der Waals surface area contributed by atoms with Gasteiger partial charge in [-0.3, -0.25) is 0 Å². The first kappa shape index (κ1) is 22.1. The average Bonchev–Trinajstić information content (AvgIpc) is 3.34. The molecule has 0 nitrogen and oxygen atoms in total. The zero-order valence-electron chi connectivity index (χ0n) is 18.0. The number of hydrogen-bond acceptors (Lipinski definition) is 0. The summed E-state index contributed by atoms with van der Waals surface area (Å²) in [5.74, 6) is 0. The van der Waals surface area contributed by atoms with Gasteiger partial charge < -0.3 is 0 Å². The van der Waals surface area contributed by atoms with Gasteiger partial charge in [0.25, 0.3) is 0 Å². The van der Waals surface area contributed by atoms with Gasteiger partial charge in [0.2, 0.25) is 0 Å². The van der Waals surface area contributed by atoms with Crippen molar-refractivity contribution < 1.29 is 20.8 Å². The van der Waals surface area contributed by atoms with Crippen molar-refractivity contribution in [2.75, 3.05) is 0 Å². The van der Waals surface area contributed by atoms with Gasteiger partial charge in [-0.1, -0.05) is 85.9 Å². The molecule has 0 spiro atoms. The molecule has 0 saturated heterocycles. The molecule has 0 aliphatic heterocycles. The van der Waals surface area contributed by atoms with Gasteiger partial charge in [-0.25, -0.2) is 0 Å². The first-order valence-electron chi connectivity index (χ1n) is 10.7. The van der Waals surface area contributed by atoms with Gasteiger partial charge in [0, 0.05) is 8.07 Å². The van der Waals surface area contributed by atoms with Crippen LogP contribution in [-0.2, 0) is 20.8 Å². The van der Waals surface area contributed by atoms with Crippen molar-refractivity contribution in [1.29, 1.82) is 0 Å². The molecule has 6 rings (SSSR count). The van der Waals surface area contributed by atoms with Crippen LogP contribution in [0.2, 0.25) is 13.1 Å². The zero-order chi connectivity index (χ0) is 22.3. The molecule has 0 bridgehead atoms. The molecule has 0 amide bonds. The Labute approximate surface area is 208 Å². The van der Waals surface area contributed by atoms with Crippen LogP contribution in [0.5, 0.6) is 0 Å². The van der Waals surface area contributed by atoms with E-state index in [2.05, 4.69) is 110 Å². The minimum absolute atomic E-state index is 0.826. The predicted molar refractivity (Wildman–Crippen MR) is 143 cm³/mol. The Balaban J connectivity index is 0.000000684. The standard InChI is InChI=1S/C28H22Si.2ClH.Zr/c1-29(2,27-23-15-7-3-11-19(23)20-12-4-8-16-24(20)27)28-25-17-9-5-13-21(25)22-14-6-10-18-26(22)28;;;/h3-18H,1-2H3;2*1H;/q-2;;;+4/p-2. The van der Waals surface area contributed by atoms with E-state index in [1.165, 1.54) is 43.1 Å². The Morgan fingerprint density at radius 1 is 0.500 bits per heavy atom. The van der Waals surface area contributed by atoms with Crippen LogP contribution in [0.1, 0.15) is 0 Å². The monoisotopic (exact) mass is 546 g/mol. The van der Waals surface area contributed by atoms with E-state index in [0.29, 0.717) is 0 Å². The maximum atomic E-state index is 4.93. The predicted octanol–water partition coefficient (Wildman–Crippen LogP) is 7.94. The molecular weight excluding hydrogens is 527 g/mol. The molecule has 0 atom stereocenters. The summed E-state index contributed by atoms with van der Waals surface area (Å²) in [6.45, 7) is 5.07. The fourth-order valence-corrected chi connectivity index (χ4v) is 9.32. The summed E-state index contributed by atoms with van der Waals surface area (Å²) in [5.41, 5.74) is 0. The Hall–Kier alpha value is -1.70. The van der Waals surface area contributed by atoms with Gasteiger partial charge in [-0.2, -0.15) is 0 Å². The Kier molecular flexibility index (Phi) is 6.16. The molecule has 0 N–H and O–H groups in total. The van der Waals surface area contributed by atoms with Crippen LogP contribution in [0.4, 0.5) is 0 Å². The van der Waals surface area contributed by atoms with Gasteiger partial charge in [-0.05, 0) is 0 Å². The SMILES string of the molecule is C[Si](C)([c-]1c2ccccc2c2ccccc21)[c-]1c2ccccc2c2ccccc21.[Cl][Zr+2][Cl]. The second-order valence-corrected chi connectivity index (χ2v) is 16.6. The minimum atomic E-state index is -2.01. The quantitative estimate of drug-likeness (QED) is 0.152. The summed E-state index contributed by atoms with van der Waals surface area (Å²) >= 11 is -0.826. The number of benzene rings is 4. The Morgan fingerprint density at radius 3 is 0.969 bits per heavy atom. The van der Waals surface area contributed by atoms with Crippen LogP contribution in [0.3, 0.4) is 0 Å². The van der Waals surface area contributed by atoms with Crippen molar-refractivity contribution in [1.82, 2.24) is 0 Å². The van der Waals surface area contributed by atoms with Crippen molar-refractivity contribution in [3.63, 3.8) is 0 Å². The van der Waals surface area contributed by atoms with Crippen molar-refractivity contribution >= 4 is 78.6 Å². The van der Waals surface area contributed by atoms with Crippen LogP contribution in [0.25, 0.3) is 43.1 Å². The first-order valence-corrected chi connectivity index (χ1v) is 20.0. The number of halogens is 2. The van der Waals surface area contributed by atoms with E-state index in [-0.39, 0.29) is 0 Å². The molecule has 0 radical (unpaired) electrons. The summed E-state index contributed by atoms with van der Waals surface area (Å²) in [6, 6.07) is 35.9. The van der Waals surface area contributed by atoms with Crippen LogP contribution < -0.4 is 10.4 Å². The number of rotatable bonds is 2. The summed E-state index contributed by atoms with van der Waals surface area (Å²) in [5, 5.41) is 14.4. The summed E-state index contributed by atoms with van der Waals surface area (Å²) in [4.78, 5) is 0. The molecule has 0 aromatic heterocycles. The van der Waals surface area contributed by atoms with Crippen LogP contribution in [0, 0.1) is 0 Å². The van der Waals surface area contributed by atoms with Crippen molar-refractivity contribution in [3.05, 3.63) is 97.1 Å². The fraction of sp³-hybridized carbons (Fsp3) is 0.0714. The van der Waals surface area contributed by atoms with Crippen molar-refractivity contribution in [3.8, 4) is 0 Å². The number of hydrogen-bond donors (Lipinski definition) is 0. The summed E-state index contributed by atoms with van der Waals surface area (Å²) < 4.78 is 0. The molecule has 6 aromatic rings. The fourth-order valence-electron chi connectivity index (χ4n) is 5.51. The number of fused-ring (bicyclic) bond motifs is 6. The second-order valence-electron chi connectivity index (χ2n) is 8.63. The Bertz CT molecular complexity index is 1340. The third-order valence-corrected chi connectivity index (χ3v) is 10.2. The van der Waals surface area contributed by atoms with Crippen molar-refractivity contribution in [2.24, 2.45) is 0 Å². The summed E-state index contributed by atoms with van der Waals surface area (Å²) in [7, 11) is 7.86. The van der Waals surface area contributed by atoms with E-state index >= 15 is 0 Å². The molecule has 4 heteroatoms. The molecule has 0 fully saturated rings. The zero-order valence-corrected chi connectivity index (χ0v) is 23.0. The summed E-state index contributed by atoms with van der Waals surface area (Å²) in [6.07, 6.45) is 0. The van der Waals surface area contributed by atoms with E-state index in [1.807, 2.05) is 0 Å². The maximum absolute atomic E-state index is 4.93. The molecule has 6 aromatic carbocycles. The van der Waals surface area contributed by atoms with Crippen molar-refractivity contribution in [2.45, 2.75) is 13.1 Å². The van der Waals surface area contributed by atoms with Gasteiger partial charge in [0.15, 0.2) is 0 Å². The Morgan fingerprint density at radius 2 is 0.719 bits per heavy atom. The van der Waals surface area contributed by atoms with E-state index in [4.69, 9.17) is 17.0 Å². The molecule has 0 saturated carbocycles. The molecule has 32 heavy (non-hydrogen) atoms. The third-order valence-electron chi connectivity index (χ3n) is 6.62. The molecule has 0 heterocycles. The third kappa shape index (κ3) is 3.44. The van der Waals surface area contributed by atoms with E-state index in [9.17, 15) is 0 Å². The molecule has 0 aliphatic rings. The molecule has 156 valence electrons. The van der Waals surface area contributed by atoms with Gasteiger partial charge >= 0.3 is 37.9 Å². The topological polar surface area (TPSA) is 0 Å². The molecular formula is C28H22Cl2SiZr. The van der Waals surface area contributed by atoms with E-state index < -0.39 is 28.9 Å². The van der Waals surface area contributed by atoms with Crippen LogP contribution in [0.15, 0.2) is 97.1 Å². The van der Waals surface area contributed by atoms with Crippen LogP contribution >= 0.6 is 17.0 Å². The normalized spacial score (nSPS) is 11.6. The van der Waals surface area contributed by atoms with E-state index in [0.717, 1.165) is 0 Å². The van der Waals surface area contributed by atoms with Gasteiger partial charge in [0.1, 0.15) is 0 Å². The second kappa shape index (κ2) is 8.92. The van der Waals surface area contributed by atoms with Gasteiger partial charge in [-0.15, -0.1) is 77.7 Å². The average molecular weight is 549 g/mol.